The molecule has 0 saturated heterocycles. The van der Waals surface area contributed by atoms with E-state index in [9.17, 15) is 18.0 Å². The topological polar surface area (TPSA) is 124 Å². The fourth-order valence-corrected chi connectivity index (χ4v) is 6.41. The van der Waals surface area contributed by atoms with Crippen molar-refractivity contribution < 1.29 is 37.0 Å². The standard InChI is InChI=1S/C34H45N3O8S/c1-9-24(4)35-34(39)28(10-2)36(21-25-13-11-12-23(3)18-25)33(38)22-37(29-19-26(42-5)14-16-30(29)43-6)46(40,41)27-15-17-31(44-7)32(20-27)45-8/h11-20,24,28H,9-10,21-22H2,1-8H3,(H,35,39). The average Bonchev–Trinajstić information content (AvgIpc) is 3.06. The first-order chi connectivity index (χ1) is 21.9. The van der Waals surface area contributed by atoms with E-state index >= 15 is 0 Å². The summed E-state index contributed by atoms with van der Waals surface area (Å²) in [4.78, 5) is 29.3. The number of benzene rings is 3. The molecular weight excluding hydrogens is 610 g/mol. The average molecular weight is 656 g/mol. The van der Waals surface area contributed by atoms with E-state index in [1.54, 1.807) is 12.1 Å². The van der Waals surface area contributed by atoms with Gasteiger partial charge >= 0.3 is 0 Å². The van der Waals surface area contributed by atoms with Gasteiger partial charge in [-0.25, -0.2) is 8.42 Å². The number of nitrogens with zero attached hydrogens (tertiary/aromatic N) is 2. The smallest absolute Gasteiger partial charge is 0.265 e. The van der Waals surface area contributed by atoms with Gasteiger partial charge in [0.15, 0.2) is 11.5 Å². The lowest BCUT2D eigenvalue weighted by atomic mass is 10.1. The number of anilines is 1. The molecule has 2 amide bonds. The summed E-state index contributed by atoms with van der Waals surface area (Å²) in [5, 5.41) is 2.98. The Morgan fingerprint density at radius 3 is 2.09 bits per heavy atom. The predicted molar refractivity (Wildman–Crippen MR) is 177 cm³/mol. The molecule has 1 N–H and O–H groups in total. The van der Waals surface area contributed by atoms with Crippen LogP contribution in [0.3, 0.4) is 0 Å². The van der Waals surface area contributed by atoms with Crippen molar-refractivity contribution in [2.45, 2.75) is 64.1 Å². The lowest BCUT2D eigenvalue weighted by Crippen LogP contribution is -2.53. The summed E-state index contributed by atoms with van der Waals surface area (Å²) in [6.07, 6.45) is 1.02. The molecule has 0 saturated carbocycles. The van der Waals surface area contributed by atoms with Crippen LogP contribution < -0.4 is 28.6 Å². The van der Waals surface area contributed by atoms with E-state index in [1.807, 2.05) is 52.0 Å². The molecule has 12 heteroatoms. The van der Waals surface area contributed by atoms with Crippen molar-refractivity contribution in [1.29, 1.82) is 0 Å². The molecule has 0 aliphatic rings. The zero-order valence-corrected chi connectivity index (χ0v) is 28.6. The number of hydrogen-bond acceptors (Lipinski definition) is 8. The summed E-state index contributed by atoms with van der Waals surface area (Å²) in [5.74, 6) is 0.190. The third kappa shape index (κ3) is 8.42. The SMILES string of the molecule is CCC(C)NC(=O)C(CC)N(Cc1cccc(C)c1)C(=O)CN(c1cc(OC)ccc1OC)S(=O)(=O)c1ccc(OC)c(OC)c1. The summed E-state index contributed by atoms with van der Waals surface area (Å²) < 4.78 is 51.6. The van der Waals surface area contributed by atoms with E-state index in [0.29, 0.717) is 24.3 Å². The third-order valence-corrected chi connectivity index (χ3v) is 9.45. The number of methoxy groups -OCH3 is 4. The van der Waals surface area contributed by atoms with Gasteiger partial charge in [0, 0.05) is 24.7 Å². The molecule has 0 heterocycles. The summed E-state index contributed by atoms with van der Waals surface area (Å²) >= 11 is 0. The zero-order chi connectivity index (χ0) is 34.0. The predicted octanol–water partition coefficient (Wildman–Crippen LogP) is 4.95. The van der Waals surface area contributed by atoms with Crippen LogP contribution in [0.2, 0.25) is 0 Å². The van der Waals surface area contributed by atoms with Crippen LogP contribution in [-0.4, -0.2) is 72.2 Å². The first kappa shape index (κ1) is 36.0. The maximum Gasteiger partial charge on any atom is 0.265 e. The van der Waals surface area contributed by atoms with E-state index in [2.05, 4.69) is 5.32 Å². The molecular formula is C34H45N3O8S. The second-order valence-electron chi connectivity index (χ2n) is 10.8. The van der Waals surface area contributed by atoms with E-state index in [1.165, 1.54) is 57.6 Å². The van der Waals surface area contributed by atoms with Crippen LogP contribution >= 0.6 is 0 Å². The highest BCUT2D eigenvalue weighted by molar-refractivity contribution is 7.92. The second-order valence-corrected chi connectivity index (χ2v) is 12.7. The van der Waals surface area contributed by atoms with Crippen LogP contribution in [-0.2, 0) is 26.2 Å². The molecule has 0 spiro atoms. The van der Waals surface area contributed by atoms with Gasteiger partial charge in [-0.1, -0.05) is 43.7 Å². The molecule has 250 valence electrons. The van der Waals surface area contributed by atoms with Crippen LogP contribution in [0.4, 0.5) is 5.69 Å². The van der Waals surface area contributed by atoms with Crippen molar-refractivity contribution in [3.8, 4) is 23.0 Å². The minimum atomic E-state index is -4.44. The van der Waals surface area contributed by atoms with Crippen molar-refractivity contribution in [3.63, 3.8) is 0 Å². The van der Waals surface area contributed by atoms with Gasteiger partial charge in [-0.2, -0.15) is 0 Å². The highest BCUT2D eigenvalue weighted by Crippen LogP contribution is 2.38. The zero-order valence-electron chi connectivity index (χ0n) is 27.8. The monoisotopic (exact) mass is 655 g/mol. The molecule has 11 nitrogen and oxygen atoms in total. The molecule has 3 aromatic carbocycles. The molecule has 46 heavy (non-hydrogen) atoms. The summed E-state index contributed by atoms with van der Waals surface area (Å²) in [6.45, 7) is 7.06. The molecule has 3 rings (SSSR count). The van der Waals surface area contributed by atoms with Crippen LogP contribution in [0, 0.1) is 6.92 Å². The Bertz CT molecular complexity index is 1610. The van der Waals surface area contributed by atoms with Gasteiger partial charge in [-0.05, 0) is 56.5 Å². The van der Waals surface area contributed by atoms with E-state index in [0.717, 1.165) is 15.4 Å². The van der Waals surface area contributed by atoms with Crippen molar-refractivity contribution in [2.75, 3.05) is 39.3 Å². The van der Waals surface area contributed by atoms with Crippen LogP contribution in [0.1, 0.15) is 44.7 Å². The molecule has 0 aliphatic carbocycles. The Hall–Kier alpha value is -4.45. The lowest BCUT2D eigenvalue weighted by molar-refractivity contribution is -0.140. The van der Waals surface area contributed by atoms with Crippen molar-refractivity contribution in [3.05, 3.63) is 71.8 Å². The van der Waals surface area contributed by atoms with Crippen molar-refractivity contribution >= 4 is 27.5 Å². The molecule has 0 aliphatic heterocycles. The Labute approximate surface area is 272 Å². The molecule has 2 atom stereocenters. The minimum absolute atomic E-state index is 0.0811. The fraction of sp³-hybridized carbons (Fsp3) is 0.412. The lowest BCUT2D eigenvalue weighted by Gasteiger charge is -2.34. The van der Waals surface area contributed by atoms with Crippen molar-refractivity contribution in [2.24, 2.45) is 0 Å². The van der Waals surface area contributed by atoms with E-state index < -0.39 is 28.5 Å². The minimum Gasteiger partial charge on any atom is -0.497 e. The number of amides is 2. The Morgan fingerprint density at radius 2 is 1.50 bits per heavy atom. The molecule has 0 fully saturated rings. The maximum absolute atomic E-state index is 14.5. The van der Waals surface area contributed by atoms with Crippen LogP contribution in [0.25, 0.3) is 0 Å². The van der Waals surface area contributed by atoms with E-state index in [4.69, 9.17) is 18.9 Å². The molecule has 0 bridgehead atoms. The molecule has 2 unspecified atom stereocenters. The summed E-state index contributed by atoms with van der Waals surface area (Å²) in [7, 11) is 1.27. The molecule has 0 radical (unpaired) electrons. The highest BCUT2D eigenvalue weighted by Gasteiger charge is 2.35. The number of nitrogens with one attached hydrogen (secondary N) is 1. The fourth-order valence-electron chi connectivity index (χ4n) is 4.98. The van der Waals surface area contributed by atoms with Gasteiger partial charge in [0.05, 0.1) is 39.0 Å². The highest BCUT2D eigenvalue weighted by atomic mass is 32.2. The Morgan fingerprint density at radius 1 is 0.826 bits per heavy atom. The third-order valence-electron chi connectivity index (χ3n) is 7.70. The largest absolute Gasteiger partial charge is 0.497 e. The van der Waals surface area contributed by atoms with Gasteiger partial charge < -0.3 is 29.2 Å². The van der Waals surface area contributed by atoms with Crippen molar-refractivity contribution in [1.82, 2.24) is 10.2 Å². The van der Waals surface area contributed by atoms with Crippen LogP contribution in [0.15, 0.2) is 65.6 Å². The van der Waals surface area contributed by atoms with E-state index in [-0.39, 0.29) is 40.6 Å². The summed E-state index contributed by atoms with van der Waals surface area (Å²) in [5.41, 5.74) is 1.87. The number of carbonyl (C=O) groups excluding carboxylic acids is 2. The first-order valence-corrected chi connectivity index (χ1v) is 16.5. The number of hydrogen-bond donors (Lipinski definition) is 1. The molecule has 3 aromatic rings. The van der Waals surface area contributed by atoms with Gasteiger partial charge in [0.2, 0.25) is 11.8 Å². The number of ether oxygens (including phenoxy) is 4. The number of aryl methyl sites for hydroxylation is 1. The number of carbonyl (C=O) groups is 2. The normalized spacial score (nSPS) is 12.4. The second kappa shape index (κ2) is 16.2. The number of rotatable bonds is 16. The van der Waals surface area contributed by atoms with Gasteiger partial charge in [-0.15, -0.1) is 0 Å². The maximum atomic E-state index is 14.5. The van der Waals surface area contributed by atoms with Gasteiger partial charge in [-0.3, -0.25) is 13.9 Å². The first-order valence-electron chi connectivity index (χ1n) is 15.1. The Kier molecular flexibility index (Phi) is 12.7. The van der Waals surface area contributed by atoms with Crippen LogP contribution in [0.5, 0.6) is 23.0 Å². The molecule has 0 aromatic heterocycles. The van der Waals surface area contributed by atoms with Gasteiger partial charge in [0.25, 0.3) is 10.0 Å². The van der Waals surface area contributed by atoms with Gasteiger partial charge in [0.1, 0.15) is 24.1 Å². The Balaban J connectivity index is 2.20. The quantitative estimate of drug-likeness (QED) is 0.230. The summed E-state index contributed by atoms with van der Waals surface area (Å²) in [6, 6.07) is 15.5. The number of sulfonamides is 1.